The van der Waals surface area contributed by atoms with Gasteiger partial charge in [-0.15, -0.1) is 0 Å². The largest absolute Gasteiger partial charge is 0.381 e. The van der Waals surface area contributed by atoms with Crippen molar-refractivity contribution in [3.05, 3.63) is 51.6 Å². The number of aromatic nitrogens is 2. The predicted octanol–water partition coefficient (Wildman–Crippen LogP) is 4.67. The highest BCUT2D eigenvalue weighted by molar-refractivity contribution is 9.10. The minimum Gasteiger partial charge on any atom is -0.381 e. The van der Waals surface area contributed by atoms with Crippen molar-refractivity contribution in [1.82, 2.24) is 9.97 Å². The molecule has 7 heteroatoms. The van der Waals surface area contributed by atoms with Gasteiger partial charge in [0.25, 0.3) is 0 Å². The van der Waals surface area contributed by atoms with Crippen molar-refractivity contribution >= 4 is 37.7 Å². The number of nitrogens with zero attached hydrogens (tertiary/aromatic N) is 2. The van der Waals surface area contributed by atoms with E-state index in [9.17, 15) is 4.39 Å². The van der Waals surface area contributed by atoms with Crippen molar-refractivity contribution in [1.29, 1.82) is 0 Å². The molecule has 0 radical (unpaired) electrons. The number of anilines is 1. The summed E-state index contributed by atoms with van der Waals surface area (Å²) < 4.78 is 18.7. The number of halogens is 3. The second-order valence-electron chi connectivity index (χ2n) is 5.07. The molecule has 1 saturated heterocycles. The van der Waals surface area contributed by atoms with Crippen LogP contribution in [0.3, 0.4) is 0 Å². The lowest BCUT2D eigenvalue weighted by atomic mass is 10.0. The van der Waals surface area contributed by atoms with Gasteiger partial charge in [0.15, 0.2) is 0 Å². The SMILES string of the molecule is Brc1cccc(NCC2CCOCC2)n1.Fc1cccc(Br)n1. The molecule has 0 atom stereocenters. The Morgan fingerprint density at radius 1 is 1.04 bits per heavy atom. The van der Waals surface area contributed by atoms with E-state index < -0.39 is 5.95 Å². The molecule has 3 rings (SSSR count). The highest BCUT2D eigenvalue weighted by Crippen LogP contribution is 2.16. The molecule has 3 heterocycles. The summed E-state index contributed by atoms with van der Waals surface area (Å²) in [4.78, 5) is 7.76. The van der Waals surface area contributed by atoms with Crippen LogP contribution in [0.2, 0.25) is 0 Å². The lowest BCUT2D eigenvalue weighted by molar-refractivity contribution is 0.0699. The Morgan fingerprint density at radius 2 is 1.70 bits per heavy atom. The lowest BCUT2D eigenvalue weighted by Gasteiger charge is -2.22. The number of ether oxygens (including phenoxy) is 1. The summed E-state index contributed by atoms with van der Waals surface area (Å²) >= 11 is 6.37. The molecule has 1 aliphatic rings. The Balaban J connectivity index is 0.000000203. The van der Waals surface area contributed by atoms with E-state index in [0.29, 0.717) is 4.60 Å². The van der Waals surface area contributed by atoms with Gasteiger partial charge in [0.1, 0.15) is 15.0 Å². The van der Waals surface area contributed by atoms with E-state index in [-0.39, 0.29) is 0 Å². The van der Waals surface area contributed by atoms with Crippen molar-refractivity contribution in [2.45, 2.75) is 12.8 Å². The maximum Gasteiger partial charge on any atom is 0.213 e. The molecule has 4 nitrogen and oxygen atoms in total. The predicted molar refractivity (Wildman–Crippen MR) is 95.9 cm³/mol. The molecule has 0 amide bonds. The number of nitrogens with one attached hydrogen (secondary N) is 1. The monoisotopic (exact) mass is 445 g/mol. The summed E-state index contributed by atoms with van der Waals surface area (Å²) in [5.74, 6) is 1.20. The van der Waals surface area contributed by atoms with Gasteiger partial charge < -0.3 is 10.1 Å². The number of pyridine rings is 2. The number of rotatable bonds is 3. The van der Waals surface area contributed by atoms with Crippen LogP contribution in [0.25, 0.3) is 0 Å². The normalized spacial score (nSPS) is 14.7. The molecule has 23 heavy (non-hydrogen) atoms. The van der Waals surface area contributed by atoms with Gasteiger partial charge in [-0.25, -0.2) is 9.97 Å². The molecule has 0 spiro atoms. The van der Waals surface area contributed by atoms with Crippen molar-refractivity contribution in [3.63, 3.8) is 0 Å². The highest BCUT2D eigenvalue weighted by atomic mass is 79.9. The number of hydrogen-bond donors (Lipinski definition) is 1. The topological polar surface area (TPSA) is 47.0 Å². The molecule has 0 saturated carbocycles. The fourth-order valence-electron chi connectivity index (χ4n) is 2.09. The summed E-state index contributed by atoms with van der Waals surface area (Å²) in [7, 11) is 0. The zero-order valence-electron chi connectivity index (χ0n) is 12.5. The van der Waals surface area contributed by atoms with Crippen LogP contribution in [0.1, 0.15) is 12.8 Å². The van der Waals surface area contributed by atoms with Crippen molar-refractivity contribution in [2.75, 3.05) is 25.1 Å². The quantitative estimate of drug-likeness (QED) is 0.696. The molecule has 0 bridgehead atoms. The van der Waals surface area contributed by atoms with Gasteiger partial charge in [-0.05, 0) is 74.9 Å². The van der Waals surface area contributed by atoms with Gasteiger partial charge in [0, 0.05) is 19.8 Å². The van der Waals surface area contributed by atoms with E-state index in [1.54, 1.807) is 12.1 Å². The minimum absolute atomic E-state index is 0.459. The fourth-order valence-corrected chi connectivity index (χ4v) is 2.76. The Labute approximate surface area is 152 Å². The summed E-state index contributed by atoms with van der Waals surface area (Å²) in [6, 6.07) is 10.5. The molecule has 1 fully saturated rings. The molecule has 0 unspecified atom stereocenters. The van der Waals surface area contributed by atoms with E-state index in [2.05, 4.69) is 47.1 Å². The molecule has 1 N–H and O–H groups in total. The standard InChI is InChI=1S/C11H15BrN2O.C5H3BrFN/c12-10-2-1-3-11(14-10)13-8-9-4-6-15-7-5-9;6-4-2-1-3-5(7)8-4/h1-3,9H,4-8H2,(H,13,14);1-3H. The molecular formula is C16H18Br2FN3O. The summed E-state index contributed by atoms with van der Waals surface area (Å²) in [5.41, 5.74) is 0. The first-order chi connectivity index (χ1) is 11.1. The summed E-state index contributed by atoms with van der Waals surface area (Å²) in [5, 5.41) is 3.36. The maximum absolute atomic E-state index is 12.0. The van der Waals surface area contributed by atoms with Crippen LogP contribution in [-0.4, -0.2) is 29.7 Å². The highest BCUT2D eigenvalue weighted by Gasteiger charge is 2.13. The van der Waals surface area contributed by atoms with Gasteiger partial charge in [-0.3, -0.25) is 0 Å². The van der Waals surface area contributed by atoms with Crippen molar-refractivity contribution < 1.29 is 9.13 Å². The molecular weight excluding hydrogens is 429 g/mol. The van der Waals surface area contributed by atoms with Crippen LogP contribution < -0.4 is 5.32 Å². The van der Waals surface area contributed by atoms with E-state index in [4.69, 9.17) is 4.74 Å². The third-order valence-electron chi connectivity index (χ3n) is 3.31. The van der Waals surface area contributed by atoms with Gasteiger partial charge in [0.2, 0.25) is 5.95 Å². The zero-order chi connectivity index (χ0) is 16.5. The zero-order valence-corrected chi connectivity index (χ0v) is 15.7. The van der Waals surface area contributed by atoms with Gasteiger partial charge in [0.05, 0.1) is 0 Å². The van der Waals surface area contributed by atoms with Crippen LogP contribution in [-0.2, 0) is 4.74 Å². The van der Waals surface area contributed by atoms with Crippen LogP contribution >= 0.6 is 31.9 Å². The molecule has 2 aromatic heterocycles. The van der Waals surface area contributed by atoms with E-state index in [0.717, 1.165) is 48.9 Å². The second-order valence-corrected chi connectivity index (χ2v) is 6.69. The third-order valence-corrected chi connectivity index (χ3v) is 4.19. The first kappa shape index (κ1) is 18.3. The van der Waals surface area contributed by atoms with E-state index >= 15 is 0 Å². The second kappa shape index (κ2) is 9.95. The maximum atomic E-state index is 12.0. The smallest absolute Gasteiger partial charge is 0.213 e. The Kier molecular flexibility index (Phi) is 7.91. The molecule has 0 aromatic carbocycles. The average Bonchev–Trinajstić information content (AvgIpc) is 2.54. The molecule has 1 aliphatic heterocycles. The van der Waals surface area contributed by atoms with E-state index in [1.165, 1.54) is 6.07 Å². The van der Waals surface area contributed by atoms with Gasteiger partial charge in [-0.2, -0.15) is 4.39 Å². The molecule has 2 aromatic rings. The molecule has 0 aliphatic carbocycles. The third kappa shape index (κ3) is 7.37. The first-order valence-electron chi connectivity index (χ1n) is 7.36. The fraction of sp³-hybridized carbons (Fsp3) is 0.375. The minimum atomic E-state index is -0.459. The number of hydrogen-bond acceptors (Lipinski definition) is 4. The summed E-state index contributed by atoms with van der Waals surface area (Å²) in [6.07, 6.45) is 2.31. The lowest BCUT2D eigenvalue weighted by Crippen LogP contribution is -2.22. The van der Waals surface area contributed by atoms with Crippen LogP contribution in [0, 0.1) is 11.9 Å². The van der Waals surface area contributed by atoms with Crippen molar-refractivity contribution in [3.8, 4) is 0 Å². The Morgan fingerprint density at radius 3 is 2.26 bits per heavy atom. The Bertz CT molecular complexity index is 592. The van der Waals surface area contributed by atoms with Gasteiger partial charge in [-0.1, -0.05) is 12.1 Å². The first-order valence-corrected chi connectivity index (χ1v) is 8.94. The van der Waals surface area contributed by atoms with Crippen LogP contribution in [0.4, 0.5) is 10.2 Å². The Hall–Kier alpha value is -1.05. The van der Waals surface area contributed by atoms with Crippen LogP contribution in [0.5, 0.6) is 0 Å². The molecule has 124 valence electrons. The summed E-state index contributed by atoms with van der Waals surface area (Å²) in [6.45, 7) is 2.79. The average molecular weight is 447 g/mol. The van der Waals surface area contributed by atoms with E-state index in [1.807, 2.05) is 18.2 Å². The van der Waals surface area contributed by atoms with Crippen molar-refractivity contribution in [2.24, 2.45) is 5.92 Å². The van der Waals surface area contributed by atoms with Gasteiger partial charge >= 0.3 is 0 Å². The van der Waals surface area contributed by atoms with Crippen LogP contribution in [0.15, 0.2) is 45.6 Å².